The second-order valence-corrected chi connectivity index (χ2v) is 10.7. The predicted octanol–water partition coefficient (Wildman–Crippen LogP) is 2.80. The quantitative estimate of drug-likeness (QED) is 0.661. The van der Waals surface area contributed by atoms with Crippen LogP contribution in [0.3, 0.4) is 0 Å². The molecule has 8 heteroatoms. The van der Waals surface area contributed by atoms with Crippen LogP contribution in [-0.4, -0.2) is 62.8 Å². The van der Waals surface area contributed by atoms with Gasteiger partial charge in [-0.2, -0.15) is 17.0 Å². The molecule has 1 aliphatic carbocycles. The van der Waals surface area contributed by atoms with Gasteiger partial charge in [0.2, 0.25) is 0 Å². The molecule has 2 fully saturated rings. The Labute approximate surface area is 190 Å². The van der Waals surface area contributed by atoms with E-state index in [1.165, 1.54) is 4.31 Å². The summed E-state index contributed by atoms with van der Waals surface area (Å²) in [5.41, 5.74) is 1.28. The minimum atomic E-state index is -3.45. The Bertz CT molecular complexity index is 1050. The zero-order chi connectivity index (χ0) is 22.8. The van der Waals surface area contributed by atoms with Crippen molar-refractivity contribution in [2.45, 2.75) is 37.1 Å². The molecule has 2 aliphatic rings. The van der Waals surface area contributed by atoms with E-state index in [-0.39, 0.29) is 17.4 Å². The van der Waals surface area contributed by atoms with Crippen LogP contribution in [0.4, 0.5) is 0 Å². The second-order valence-electron chi connectivity index (χ2n) is 8.68. The first-order valence-corrected chi connectivity index (χ1v) is 12.5. The van der Waals surface area contributed by atoms with Gasteiger partial charge in [-0.15, -0.1) is 0 Å². The Kier molecular flexibility index (Phi) is 6.55. The topological polar surface area (TPSA) is 79.0 Å². The van der Waals surface area contributed by atoms with Crippen molar-refractivity contribution in [3.8, 4) is 5.75 Å². The lowest BCUT2D eigenvalue weighted by atomic mass is 9.73. The van der Waals surface area contributed by atoms with Gasteiger partial charge in [0.15, 0.2) is 0 Å². The Morgan fingerprint density at radius 1 is 1.09 bits per heavy atom. The molecular formula is C24H31N3O4S. The number of benzene rings is 2. The lowest BCUT2D eigenvalue weighted by Gasteiger charge is -2.42. The fraction of sp³-hybridized carbons (Fsp3) is 0.458. The van der Waals surface area contributed by atoms with Gasteiger partial charge < -0.3 is 10.1 Å². The van der Waals surface area contributed by atoms with Crippen LogP contribution in [0.5, 0.6) is 5.75 Å². The molecule has 1 aliphatic heterocycles. The molecule has 172 valence electrons. The maximum absolute atomic E-state index is 13.0. The number of carbonyl (C=O) groups excluding carboxylic acids is 1. The average molecular weight is 458 g/mol. The lowest BCUT2D eigenvalue weighted by Crippen LogP contribution is -2.53. The SMILES string of the molecule is COc1ccccc1C(=O)NCC1(c2ccccc2)CCN(S(=O)(=O)N(C)C2CC2)CC1. The first kappa shape index (κ1) is 22.8. The zero-order valence-electron chi connectivity index (χ0n) is 18.7. The molecule has 1 saturated carbocycles. The highest BCUT2D eigenvalue weighted by Gasteiger charge is 2.43. The number of rotatable bonds is 8. The molecule has 1 saturated heterocycles. The van der Waals surface area contributed by atoms with Crippen molar-refractivity contribution in [2.24, 2.45) is 0 Å². The second kappa shape index (κ2) is 9.21. The van der Waals surface area contributed by atoms with Crippen molar-refractivity contribution in [2.75, 3.05) is 33.8 Å². The maximum Gasteiger partial charge on any atom is 0.281 e. The third-order valence-corrected chi connectivity index (χ3v) is 8.80. The number of nitrogens with zero attached hydrogens (tertiary/aromatic N) is 2. The molecule has 7 nitrogen and oxygen atoms in total. The zero-order valence-corrected chi connectivity index (χ0v) is 19.5. The molecule has 0 atom stereocenters. The van der Waals surface area contributed by atoms with Gasteiger partial charge in [-0.05, 0) is 43.4 Å². The number of ether oxygens (including phenoxy) is 1. The molecule has 2 aromatic rings. The molecule has 4 rings (SSSR count). The molecule has 0 unspecified atom stereocenters. The van der Waals surface area contributed by atoms with Gasteiger partial charge in [0, 0.05) is 38.1 Å². The molecule has 1 heterocycles. The number of methoxy groups -OCH3 is 1. The summed E-state index contributed by atoms with van der Waals surface area (Å²) in [6.45, 7) is 1.29. The van der Waals surface area contributed by atoms with Crippen molar-refractivity contribution in [3.05, 3.63) is 65.7 Å². The monoisotopic (exact) mass is 457 g/mol. The van der Waals surface area contributed by atoms with Gasteiger partial charge in [0.05, 0.1) is 12.7 Å². The fourth-order valence-corrected chi connectivity index (χ4v) is 6.09. The van der Waals surface area contributed by atoms with Gasteiger partial charge in [0.25, 0.3) is 16.1 Å². The molecule has 0 bridgehead atoms. The first-order valence-electron chi connectivity index (χ1n) is 11.1. The van der Waals surface area contributed by atoms with E-state index in [9.17, 15) is 13.2 Å². The average Bonchev–Trinajstić information content (AvgIpc) is 3.68. The number of amides is 1. The molecule has 1 N–H and O–H groups in total. The van der Waals surface area contributed by atoms with E-state index >= 15 is 0 Å². The standard InChI is InChI=1S/C24H31N3O4S/c1-26(20-12-13-20)32(29,30)27-16-14-24(15-17-27,19-8-4-3-5-9-19)18-25-23(28)21-10-6-7-11-22(21)31-2/h3-11,20H,12-18H2,1-2H3,(H,25,28). The van der Waals surface area contributed by atoms with Crippen molar-refractivity contribution in [1.29, 1.82) is 0 Å². The van der Waals surface area contributed by atoms with Crippen LogP contribution in [0, 0.1) is 0 Å². The summed E-state index contributed by atoms with van der Waals surface area (Å²) in [6.07, 6.45) is 3.15. The van der Waals surface area contributed by atoms with Crippen LogP contribution in [0.25, 0.3) is 0 Å². The highest BCUT2D eigenvalue weighted by molar-refractivity contribution is 7.86. The summed E-state index contributed by atoms with van der Waals surface area (Å²) in [7, 11) is -0.224. The highest BCUT2D eigenvalue weighted by atomic mass is 32.2. The largest absolute Gasteiger partial charge is 0.496 e. The van der Waals surface area contributed by atoms with Gasteiger partial charge >= 0.3 is 0 Å². The van der Waals surface area contributed by atoms with E-state index < -0.39 is 10.2 Å². The van der Waals surface area contributed by atoms with E-state index in [2.05, 4.69) is 17.4 Å². The summed E-state index contributed by atoms with van der Waals surface area (Å²) in [5.74, 6) is 0.337. The third kappa shape index (κ3) is 4.53. The van der Waals surface area contributed by atoms with Gasteiger partial charge in [-0.3, -0.25) is 4.79 Å². The summed E-state index contributed by atoms with van der Waals surface area (Å²) in [4.78, 5) is 12.9. The maximum atomic E-state index is 13.0. The fourth-order valence-electron chi connectivity index (χ4n) is 4.49. The summed E-state index contributed by atoms with van der Waals surface area (Å²) in [6, 6.07) is 17.4. The Balaban J connectivity index is 1.51. The van der Waals surface area contributed by atoms with Crippen molar-refractivity contribution in [1.82, 2.24) is 13.9 Å². The molecule has 0 radical (unpaired) electrons. The van der Waals surface area contributed by atoms with E-state index in [1.54, 1.807) is 30.6 Å². The van der Waals surface area contributed by atoms with Crippen LogP contribution in [-0.2, 0) is 15.6 Å². The Morgan fingerprint density at radius 3 is 2.34 bits per heavy atom. The van der Waals surface area contributed by atoms with Gasteiger partial charge in [-0.25, -0.2) is 0 Å². The molecular weight excluding hydrogens is 426 g/mol. The minimum Gasteiger partial charge on any atom is -0.496 e. The van der Waals surface area contributed by atoms with E-state index in [1.807, 2.05) is 30.3 Å². The summed E-state index contributed by atoms with van der Waals surface area (Å²) in [5, 5.41) is 3.09. The van der Waals surface area contributed by atoms with Gasteiger partial charge in [0.1, 0.15) is 5.75 Å². The Morgan fingerprint density at radius 2 is 1.72 bits per heavy atom. The summed E-state index contributed by atoms with van der Waals surface area (Å²) < 4.78 is 34.4. The van der Waals surface area contributed by atoms with Crippen molar-refractivity contribution in [3.63, 3.8) is 0 Å². The van der Waals surface area contributed by atoms with Crippen molar-refractivity contribution >= 4 is 16.1 Å². The predicted molar refractivity (Wildman–Crippen MR) is 124 cm³/mol. The molecule has 2 aromatic carbocycles. The van der Waals surface area contributed by atoms with Crippen LogP contribution in [0.15, 0.2) is 54.6 Å². The summed E-state index contributed by atoms with van der Waals surface area (Å²) >= 11 is 0. The van der Waals surface area contributed by atoms with E-state index in [0.717, 1.165) is 18.4 Å². The number of hydrogen-bond donors (Lipinski definition) is 1. The van der Waals surface area contributed by atoms with Gasteiger partial charge in [-0.1, -0.05) is 42.5 Å². The van der Waals surface area contributed by atoms with Crippen LogP contribution >= 0.6 is 0 Å². The van der Waals surface area contributed by atoms with Crippen LogP contribution in [0.1, 0.15) is 41.6 Å². The first-order chi connectivity index (χ1) is 15.4. The number of hydrogen-bond acceptors (Lipinski definition) is 4. The molecule has 32 heavy (non-hydrogen) atoms. The lowest BCUT2D eigenvalue weighted by molar-refractivity contribution is 0.0929. The van der Waals surface area contributed by atoms with E-state index in [0.29, 0.717) is 43.8 Å². The third-order valence-electron chi connectivity index (χ3n) is 6.76. The highest BCUT2D eigenvalue weighted by Crippen LogP contribution is 2.37. The van der Waals surface area contributed by atoms with Crippen molar-refractivity contribution < 1.29 is 17.9 Å². The number of para-hydroxylation sites is 1. The number of piperidine rings is 1. The van der Waals surface area contributed by atoms with Crippen LogP contribution in [0.2, 0.25) is 0 Å². The minimum absolute atomic E-state index is 0.140. The normalized spacial score (nSPS) is 19.0. The molecule has 0 spiro atoms. The number of nitrogens with one attached hydrogen (secondary N) is 1. The Hall–Kier alpha value is -2.42. The smallest absolute Gasteiger partial charge is 0.281 e. The number of carbonyl (C=O) groups is 1. The molecule has 1 amide bonds. The molecule has 0 aromatic heterocycles. The van der Waals surface area contributed by atoms with E-state index in [4.69, 9.17) is 4.74 Å². The van der Waals surface area contributed by atoms with Crippen LogP contribution < -0.4 is 10.1 Å².